The first-order valence-electron chi connectivity index (χ1n) is 8.26. The average molecular weight is 325 g/mol. The van der Waals surface area contributed by atoms with Gasteiger partial charge in [0, 0.05) is 6.54 Å². The molecule has 0 radical (unpaired) electrons. The minimum Gasteiger partial charge on any atom is -0.507 e. The zero-order chi connectivity index (χ0) is 17.3. The summed E-state index contributed by atoms with van der Waals surface area (Å²) in [4.78, 5) is 14.7. The average Bonchev–Trinajstić information content (AvgIpc) is 2.59. The van der Waals surface area contributed by atoms with Crippen LogP contribution in [-0.4, -0.2) is 35.1 Å². The summed E-state index contributed by atoms with van der Waals surface area (Å²) in [5.74, 6) is -0.0675. The van der Waals surface area contributed by atoms with E-state index >= 15 is 0 Å². The van der Waals surface area contributed by atoms with Crippen LogP contribution in [0.4, 0.5) is 0 Å². The standard InChI is InChI=1S/C20H23NO3/c1-13-9-10-17(19(22)15(13)3)20(23)21-11-14(2)24-18(12-21)16-7-5-4-6-8-16/h4-10,14,18,22H,11-12H2,1-3H3. The van der Waals surface area contributed by atoms with Crippen LogP contribution in [0.15, 0.2) is 42.5 Å². The summed E-state index contributed by atoms with van der Waals surface area (Å²) in [6.07, 6.45) is -0.200. The highest BCUT2D eigenvalue weighted by molar-refractivity contribution is 5.97. The Labute approximate surface area is 142 Å². The third-order valence-electron chi connectivity index (χ3n) is 4.65. The van der Waals surface area contributed by atoms with Gasteiger partial charge in [0.2, 0.25) is 0 Å². The molecule has 4 heteroatoms. The number of carbonyl (C=O) groups is 1. The number of hydrogen-bond donors (Lipinski definition) is 1. The highest BCUT2D eigenvalue weighted by atomic mass is 16.5. The van der Waals surface area contributed by atoms with Crippen molar-refractivity contribution in [3.8, 4) is 5.75 Å². The normalized spacial score (nSPS) is 20.9. The highest BCUT2D eigenvalue weighted by Gasteiger charge is 2.31. The largest absolute Gasteiger partial charge is 0.507 e. The Morgan fingerprint density at radius 2 is 1.83 bits per heavy atom. The number of benzene rings is 2. The molecule has 2 atom stereocenters. The monoisotopic (exact) mass is 325 g/mol. The van der Waals surface area contributed by atoms with Crippen LogP contribution in [0.1, 0.15) is 40.1 Å². The molecule has 0 aromatic heterocycles. The van der Waals surface area contributed by atoms with Gasteiger partial charge in [-0.15, -0.1) is 0 Å². The minimum absolute atomic E-state index is 0.0541. The Morgan fingerprint density at radius 1 is 1.12 bits per heavy atom. The second-order valence-electron chi connectivity index (χ2n) is 6.46. The Bertz CT molecular complexity index is 742. The van der Waals surface area contributed by atoms with Crippen LogP contribution in [0.2, 0.25) is 0 Å². The van der Waals surface area contributed by atoms with E-state index in [9.17, 15) is 9.90 Å². The van der Waals surface area contributed by atoms with Crippen molar-refractivity contribution in [1.29, 1.82) is 0 Å². The number of amides is 1. The number of nitrogens with zero attached hydrogens (tertiary/aromatic N) is 1. The summed E-state index contributed by atoms with van der Waals surface area (Å²) in [5.41, 5.74) is 3.15. The van der Waals surface area contributed by atoms with Gasteiger partial charge in [-0.1, -0.05) is 36.4 Å². The van der Waals surface area contributed by atoms with Gasteiger partial charge >= 0.3 is 0 Å². The van der Waals surface area contributed by atoms with Crippen LogP contribution < -0.4 is 0 Å². The summed E-state index contributed by atoms with van der Waals surface area (Å²) < 4.78 is 6.01. The maximum atomic E-state index is 12.9. The van der Waals surface area contributed by atoms with Gasteiger partial charge in [0.05, 0.1) is 18.2 Å². The minimum atomic E-state index is -0.147. The molecule has 2 aromatic carbocycles. The summed E-state index contributed by atoms with van der Waals surface area (Å²) in [7, 11) is 0. The van der Waals surface area contributed by atoms with Gasteiger partial charge in [-0.25, -0.2) is 0 Å². The van der Waals surface area contributed by atoms with E-state index in [-0.39, 0.29) is 23.9 Å². The van der Waals surface area contributed by atoms with E-state index in [1.165, 1.54) is 0 Å². The fourth-order valence-corrected chi connectivity index (χ4v) is 3.11. The summed E-state index contributed by atoms with van der Waals surface area (Å²) in [5, 5.41) is 10.3. The quantitative estimate of drug-likeness (QED) is 0.917. The molecule has 2 unspecified atom stereocenters. The molecule has 3 rings (SSSR count). The van der Waals surface area contributed by atoms with Crippen molar-refractivity contribution in [2.75, 3.05) is 13.1 Å². The number of hydrogen-bond acceptors (Lipinski definition) is 3. The lowest BCUT2D eigenvalue weighted by molar-refractivity contribution is -0.0692. The predicted molar refractivity (Wildman–Crippen MR) is 93.2 cm³/mol. The van der Waals surface area contributed by atoms with Crippen LogP contribution in [0.5, 0.6) is 5.75 Å². The first-order chi connectivity index (χ1) is 11.5. The maximum absolute atomic E-state index is 12.9. The van der Waals surface area contributed by atoms with Crippen molar-refractivity contribution < 1.29 is 14.6 Å². The molecule has 1 aliphatic rings. The number of carbonyl (C=O) groups excluding carboxylic acids is 1. The van der Waals surface area contributed by atoms with Crippen molar-refractivity contribution in [2.45, 2.75) is 33.0 Å². The Hall–Kier alpha value is -2.33. The molecular formula is C20H23NO3. The molecule has 0 spiro atoms. The molecule has 1 fully saturated rings. The molecule has 0 saturated carbocycles. The number of morpholine rings is 1. The second-order valence-corrected chi connectivity index (χ2v) is 6.46. The van der Waals surface area contributed by atoms with Gasteiger partial charge in [-0.2, -0.15) is 0 Å². The van der Waals surface area contributed by atoms with Crippen LogP contribution in [0, 0.1) is 13.8 Å². The molecule has 1 saturated heterocycles. The van der Waals surface area contributed by atoms with Gasteiger partial charge in [0.25, 0.3) is 5.91 Å². The third-order valence-corrected chi connectivity index (χ3v) is 4.65. The van der Waals surface area contributed by atoms with Gasteiger partial charge in [0.1, 0.15) is 11.9 Å². The van der Waals surface area contributed by atoms with E-state index in [0.717, 1.165) is 16.7 Å². The summed E-state index contributed by atoms with van der Waals surface area (Å²) >= 11 is 0. The van der Waals surface area contributed by atoms with E-state index in [4.69, 9.17) is 4.74 Å². The van der Waals surface area contributed by atoms with Crippen LogP contribution in [-0.2, 0) is 4.74 Å². The topological polar surface area (TPSA) is 49.8 Å². The molecule has 24 heavy (non-hydrogen) atoms. The van der Waals surface area contributed by atoms with Crippen molar-refractivity contribution >= 4 is 5.91 Å². The fraction of sp³-hybridized carbons (Fsp3) is 0.350. The number of ether oxygens (including phenoxy) is 1. The smallest absolute Gasteiger partial charge is 0.257 e. The van der Waals surface area contributed by atoms with Gasteiger partial charge < -0.3 is 14.7 Å². The number of aryl methyl sites for hydroxylation is 1. The number of phenolic OH excluding ortho intramolecular Hbond substituents is 1. The maximum Gasteiger partial charge on any atom is 0.257 e. The van der Waals surface area contributed by atoms with Gasteiger partial charge in [-0.3, -0.25) is 4.79 Å². The molecular weight excluding hydrogens is 302 g/mol. The molecule has 1 N–H and O–H groups in total. The lowest BCUT2D eigenvalue weighted by atomic mass is 10.0. The van der Waals surface area contributed by atoms with Crippen LogP contribution in [0.3, 0.4) is 0 Å². The predicted octanol–water partition coefficient (Wildman–Crippen LogP) is 3.61. The molecule has 1 amide bonds. The highest BCUT2D eigenvalue weighted by Crippen LogP contribution is 2.30. The molecule has 4 nitrogen and oxygen atoms in total. The van der Waals surface area contributed by atoms with Gasteiger partial charge in [-0.05, 0) is 43.5 Å². The third kappa shape index (κ3) is 3.15. The number of rotatable bonds is 2. The molecule has 2 aromatic rings. The molecule has 0 bridgehead atoms. The van der Waals surface area contributed by atoms with Gasteiger partial charge in [0.15, 0.2) is 0 Å². The van der Waals surface area contributed by atoms with E-state index in [0.29, 0.717) is 18.7 Å². The van der Waals surface area contributed by atoms with Crippen LogP contribution >= 0.6 is 0 Å². The summed E-state index contributed by atoms with van der Waals surface area (Å²) in [6.45, 7) is 6.73. The zero-order valence-electron chi connectivity index (χ0n) is 14.3. The van der Waals surface area contributed by atoms with E-state index in [1.807, 2.05) is 57.2 Å². The van der Waals surface area contributed by atoms with Crippen LogP contribution in [0.25, 0.3) is 0 Å². The first-order valence-corrected chi connectivity index (χ1v) is 8.26. The van der Waals surface area contributed by atoms with Crippen molar-refractivity contribution in [2.24, 2.45) is 0 Å². The van der Waals surface area contributed by atoms with E-state index in [2.05, 4.69) is 0 Å². The lowest BCUT2D eigenvalue weighted by Crippen LogP contribution is -2.46. The zero-order valence-corrected chi connectivity index (χ0v) is 14.3. The molecule has 1 aliphatic heterocycles. The molecule has 1 heterocycles. The summed E-state index contributed by atoms with van der Waals surface area (Å²) in [6, 6.07) is 13.5. The van der Waals surface area contributed by atoms with E-state index in [1.54, 1.807) is 11.0 Å². The fourth-order valence-electron chi connectivity index (χ4n) is 3.11. The van der Waals surface area contributed by atoms with E-state index < -0.39 is 0 Å². The second kappa shape index (κ2) is 6.65. The number of aromatic hydroxyl groups is 1. The van der Waals surface area contributed by atoms with Crippen molar-refractivity contribution in [3.05, 3.63) is 64.7 Å². The Kier molecular flexibility index (Phi) is 4.58. The lowest BCUT2D eigenvalue weighted by Gasteiger charge is -2.37. The SMILES string of the molecule is Cc1ccc(C(=O)N2CC(C)OC(c3ccccc3)C2)c(O)c1C. The molecule has 0 aliphatic carbocycles. The first kappa shape index (κ1) is 16.5. The van der Waals surface area contributed by atoms with Crippen molar-refractivity contribution in [1.82, 2.24) is 4.90 Å². The Morgan fingerprint density at radius 3 is 2.54 bits per heavy atom. The van der Waals surface area contributed by atoms with Crippen molar-refractivity contribution in [3.63, 3.8) is 0 Å². The Balaban J connectivity index is 1.86. The molecule has 126 valence electrons. The number of phenols is 1.